The SMILES string of the molecule is CCCCC/C=C\C/C=C\CCCCCCCCCC(=O)OC[C@H](COP(=O)(O)OC[C@@H](O)CO)OC(=O)CCCCCCCCC/C=C\C/C=C\CCCCC. The van der Waals surface area contributed by atoms with Gasteiger partial charge in [0.2, 0.25) is 0 Å². The predicted molar refractivity (Wildman–Crippen MR) is 233 cm³/mol. The molecule has 0 bridgehead atoms. The van der Waals surface area contributed by atoms with E-state index in [2.05, 4.69) is 62.5 Å². The monoisotopic (exact) mass is 827 g/mol. The van der Waals surface area contributed by atoms with Gasteiger partial charge in [-0.25, -0.2) is 4.57 Å². The average Bonchev–Trinajstić information content (AvgIpc) is 3.20. The van der Waals surface area contributed by atoms with Gasteiger partial charge in [-0.1, -0.05) is 152 Å². The molecule has 0 spiro atoms. The Labute approximate surface area is 347 Å². The molecule has 1 unspecified atom stereocenters. The third-order valence-corrected chi connectivity index (χ3v) is 10.4. The quantitative estimate of drug-likeness (QED) is 0.0235. The van der Waals surface area contributed by atoms with Gasteiger partial charge in [-0.05, 0) is 77.0 Å². The molecule has 0 saturated carbocycles. The summed E-state index contributed by atoms with van der Waals surface area (Å²) in [5.74, 6) is -0.942. The van der Waals surface area contributed by atoms with E-state index < -0.39 is 51.8 Å². The molecule has 0 rings (SSSR count). The van der Waals surface area contributed by atoms with Crippen LogP contribution in [0.1, 0.15) is 194 Å². The van der Waals surface area contributed by atoms with Crippen LogP contribution in [0.3, 0.4) is 0 Å². The molecule has 332 valence electrons. The molecule has 0 amide bonds. The van der Waals surface area contributed by atoms with Crippen molar-refractivity contribution in [2.75, 3.05) is 26.4 Å². The van der Waals surface area contributed by atoms with E-state index in [1.165, 1.54) is 83.5 Å². The number of carbonyl (C=O) groups is 2. The standard InChI is InChI=1S/C46H83O10P/c1-3-5-7-9-11-13-15-17-19-21-23-25-27-29-31-33-35-37-45(49)53-41-44(42-55-57(51,52)54-40-43(48)39-47)56-46(50)38-36-34-32-30-28-26-24-22-20-18-16-14-12-10-8-6-4-2/h11-14,17-20,43-44,47-48H,3-10,15-16,21-42H2,1-2H3,(H,51,52)/b13-11-,14-12-,19-17-,20-18-/t43-,44+/m0/s1. The van der Waals surface area contributed by atoms with Crippen LogP contribution in [-0.4, -0.2) is 65.7 Å². The first-order chi connectivity index (χ1) is 27.7. The maximum Gasteiger partial charge on any atom is 0.472 e. The van der Waals surface area contributed by atoms with Gasteiger partial charge in [0.25, 0.3) is 0 Å². The fourth-order valence-corrected chi connectivity index (χ4v) is 6.72. The highest BCUT2D eigenvalue weighted by Gasteiger charge is 2.27. The highest BCUT2D eigenvalue weighted by Crippen LogP contribution is 2.43. The molecule has 57 heavy (non-hydrogen) atoms. The first-order valence-electron chi connectivity index (χ1n) is 22.6. The number of hydrogen-bond donors (Lipinski definition) is 3. The molecular formula is C46H83O10P. The number of aliphatic hydroxyl groups is 2. The Hall–Kier alpha value is -2.07. The molecular weight excluding hydrogens is 743 g/mol. The summed E-state index contributed by atoms with van der Waals surface area (Å²) < 4.78 is 32.7. The van der Waals surface area contributed by atoms with Gasteiger partial charge < -0.3 is 24.6 Å². The summed E-state index contributed by atoms with van der Waals surface area (Å²) in [6.07, 6.45) is 44.9. The lowest BCUT2D eigenvalue weighted by atomic mass is 10.1. The largest absolute Gasteiger partial charge is 0.472 e. The van der Waals surface area contributed by atoms with Crippen molar-refractivity contribution in [2.24, 2.45) is 0 Å². The molecule has 0 aliphatic heterocycles. The van der Waals surface area contributed by atoms with E-state index in [0.29, 0.717) is 12.8 Å². The molecule has 0 aliphatic rings. The third-order valence-electron chi connectivity index (χ3n) is 9.46. The lowest BCUT2D eigenvalue weighted by Gasteiger charge is -2.20. The van der Waals surface area contributed by atoms with E-state index in [1.54, 1.807) is 0 Å². The summed E-state index contributed by atoms with van der Waals surface area (Å²) in [6.45, 7) is 2.32. The number of esters is 2. The van der Waals surface area contributed by atoms with Gasteiger partial charge in [0.1, 0.15) is 12.7 Å². The molecule has 0 fully saturated rings. The number of phosphoric acid groups is 1. The Morgan fingerprint density at radius 3 is 1.35 bits per heavy atom. The number of ether oxygens (including phenoxy) is 2. The van der Waals surface area contributed by atoms with E-state index in [-0.39, 0.29) is 19.4 Å². The Kier molecular flexibility index (Phi) is 40.5. The second kappa shape index (κ2) is 42.1. The van der Waals surface area contributed by atoms with Crippen LogP contribution in [0.15, 0.2) is 48.6 Å². The van der Waals surface area contributed by atoms with Gasteiger partial charge in [0.15, 0.2) is 6.10 Å². The van der Waals surface area contributed by atoms with Crippen molar-refractivity contribution in [3.05, 3.63) is 48.6 Å². The zero-order valence-electron chi connectivity index (χ0n) is 36.0. The number of aliphatic hydroxyl groups excluding tert-OH is 2. The molecule has 0 radical (unpaired) electrons. The first-order valence-corrected chi connectivity index (χ1v) is 24.1. The highest BCUT2D eigenvalue weighted by molar-refractivity contribution is 7.47. The third kappa shape index (κ3) is 41.9. The van der Waals surface area contributed by atoms with E-state index in [1.807, 2.05) is 0 Å². The maximum absolute atomic E-state index is 12.6. The maximum atomic E-state index is 12.6. The number of carbonyl (C=O) groups excluding carboxylic acids is 2. The van der Waals surface area contributed by atoms with E-state index >= 15 is 0 Å². The second-order valence-electron chi connectivity index (χ2n) is 15.1. The van der Waals surface area contributed by atoms with Crippen LogP contribution in [0, 0.1) is 0 Å². The Bertz CT molecular complexity index is 1090. The van der Waals surface area contributed by atoms with Gasteiger partial charge >= 0.3 is 19.8 Å². The predicted octanol–water partition coefficient (Wildman–Crippen LogP) is 12.1. The number of allylic oxidation sites excluding steroid dienone is 8. The molecule has 0 aromatic carbocycles. The summed E-state index contributed by atoms with van der Waals surface area (Å²) >= 11 is 0. The van der Waals surface area contributed by atoms with Crippen LogP contribution in [-0.2, 0) is 32.7 Å². The Balaban J connectivity index is 4.30. The number of rotatable bonds is 42. The van der Waals surface area contributed by atoms with Crippen LogP contribution < -0.4 is 0 Å². The Morgan fingerprint density at radius 2 is 0.912 bits per heavy atom. The van der Waals surface area contributed by atoms with Gasteiger partial charge in [0, 0.05) is 12.8 Å². The molecule has 0 aliphatic carbocycles. The molecule has 0 aromatic heterocycles. The van der Waals surface area contributed by atoms with E-state index in [0.717, 1.165) is 70.6 Å². The zero-order chi connectivity index (χ0) is 41.9. The highest BCUT2D eigenvalue weighted by atomic mass is 31.2. The van der Waals surface area contributed by atoms with Crippen LogP contribution in [0.25, 0.3) is 0 Å². The van der Waals surface area contributed by atoms with Crippen molar-refractivity contribution < 1.29 is 47.8 Å². The summed E-state index contributed by atoms with van der Waals surface area (Å²) in [5.41, 5.74) is 0. The van der Waals surface area contributed by atoms with Gasteiger partial charge in [-0.15, -0.1) is 0 Å². The lowest BCUT2D eigenvalue weighted by Crippen LogP contribution is -2.29. The second-order valence-corrected chi connectivity index (χ2v) is 16.5. The smallest absolute Gasteiger partial charge is 0.462 e. The minimum absolute atomic E-state index is 0.172. The van der Waals surface area contributed by atoms with E-state index in [9.17, 15) is 24.2 Å². The molecule has 3 atom stereocenters. The van der Waals surface area contributed by atoms with Crippen molar-refractivity contribution in [1.82, 2.24) is 0 Å². The normalized spacial score (nSPS) is 14.3. The molecule has 10 nitrogen and oxygen atoms in total. The fourth-order valence-electron chi connectivity index (χ4n) is 5.94. The van der Waals surface area contributed by atoms with Gasteiger partial charge in [-0.2, -0.15) is 0 Å². The number of phosphoric ester groups is 1. The fraction of sp³-hybridized carbons (Fsp3) is 0.783. The van der Waals surface area contributed by atoms with Crippen LogP contribution >= 0.6 is 7.82 Å². The minimum atomic E-state index is -4.62. The molecule has 0 heterocycles. The minimum Gasteiger partial charge on any atom is -0.462 e. The zero-order valence-corrected chi connectivity index (χ0v) is 36.9. The van der Waals surface area contributed by atoms with Crippen LogP contribution in [0.5, 0.6) is 0 Å². The summed E-state index contributed by atoms with van der Waals surface area (Å²) in [5, 5.41) is 18.3. The topological polar surface area (TPSA) is 149 Å². The van der Waals surface area contributed by atoms with Crippen molar-refractivity contribution in [3.8, 4) is 0 Å². The summed E-state index contributed by atoms with van der Waals surface area (Å²) in [6, 6.07) is 0. The van der Waals surface area contributed by atoms with Crippen LogP contribution in [0.2, 0.25) is 0 Å². The van der Waals surface area contributed by atoms with E-state index in [4.69, 9.17) is 23.6 Å². The van der Waals surface area contributed by atoms with Crippen molar-refractivity contribution in [3.63, 3.8) is 0 Å². The van der Waals surface area contributed by atoms with Crippen molar-refractivity contribution in [1.29, 1.82) is 0 Å². The average molecular weight is 827 g/mol. The van der Waals surface area contributed by atoms with Crippen molar-refractivity contribution in [2.45, 2.75) is 206 Å². The Morgan fingerprint density at radius 1 is 0.526 bits per heavy atom. The van der Waals surface area contributed by atoms with Gasteiger partial charge in [0.05, 0.1) is 19.8 Å². The van der Waals surface area contributed by atoms with Gasteiger partial charge in [-0.3, -0.25) is 18.6 Å². The van der Waals surface area contributed by atoms with Crippen LogP contribution in [0.4, 0.5) is 0 Å². The number of unbranched alkanes of at least 4 members (excludes halogenated alkanes) is 20. The number of hydrogen-bond acceptors (Lipinski definition) is 9. The lowest BCUT2D eigenvalue weighted by molar-refractivity contribution is -0.161. The summed E-state index contributed by atoms with van der Waals surface area (Å²) in [7, 11) is -4.62. The molecule has 0 saturated heterocycles. The molecule has 3 N–H and O–H groups in total. The molecule has 0 aromatic rings. The summed E-state index contributed by atoms with van der Waals surface area (Å²) in [4.78, 5) is 35.0. The van der Waals surface area contributed by atoms with Crippen molar-refractivity contribution >= 4 is 19.8 Å². The molecule has 11 heteroatoms. The first kappa shape index (κ1) is 54.9.